The number of nitrogens with one attached hydrogen (secondary N) is 1. The Balaban J connectivity index is 2.04. The summed E-state index contributed by atoms with van der Waals surface area (Å²) in [4.78, 5) is 0. The van der Waals surface area contributed by atoms with Crippen molar-refractivity contribution >= 4 is 17.7 Å². The molecule has 0 saturated carbocycles. The highest BCUT2D eigenvalue weighted by atomic mass is 35.5. The van der Waals surface area contributed by atoms with Crippen LogP contribution in [0.15, 0.2) is 54.6 Å². The zero-order valence-electron chi connectivity index (χ0n) is 11.1. The number of halogens is 1. The summed E-state index contributed by atoms with van der Waals surface area (Å²) in [7, 11) is 1.97. The van der Waals surface area contributed by atoms with Crippen molar-refractivity contribution in [1.82, 2.24) is 5.32 Å². The molecule has 2 rings (SSSR count). The molecule has 98 valence electrons. The van der Waals surface area contributed by atoms with Crippen molar-refractivity contribution in [2.45, 2.75) is 13.0 Å². The van der Waals surface area contributed by atoms with Crippen LogP contribution in [-0.2, 0) is 13.0 Å². The Morgan fingerprint density at radius 1 is 1.00 bits per heavy atom. The Morgan fingerprint density at radius 2 is 1.68 bits per heavy atom. The zero-order valence-corrected chi connectivity index (χ0v) is 11.8. The first-order valence-corrected chi connectivity index (χ1v) is 6.81. The van der Waals surface area contributed by atoms with E-state index in [1.54, 1.807) is 0 Å². The first-order valence-electron chi connectivity index (χ1n) is 6.43. The van der Waals surface area contributed by atoms with Gasteiger partial charge in [-0.05, 0) is 42.3 Å². The third-order valence-electron chi connectivity index (χ3n) is 3.00. The van der Waals surface area contributed by atoms with Gasteiger partial charge >= 0.3 is 0 Å². The Morgan fingerprint density at radius 3 is 2.37 bits per heavy atom. The van der Waals surface area contributed by atoms with Crippen LogP contribution in [0.5, 0.6) is 0 Å². The molecule has 0 aromatic heterocycles. The molecule has 0 aliphatic carbocycles. The van der Waals surface area contributed by atoms with Crippen LogP contribution < -0.4 is 5.32 Å². The molecule has 0 atom stereocenters. The van der Waals surface area contributed by atoms with E-state index >= 15 is 0 Å². The van der Waals surface area contributed by atoms with Gasteiger partial charge < -0.3 is 5.32 Å². The lowest BCUT2D eigenvalue weighted by atomic mass is 10.0. The molecular formula is C17H18ClN. The normalized spacial score (nSPS) is 11.1. The highest BCUT2D eigenvalue weighted by Gasteiger charge is 1.98. The highest BCUT2D eigenvalue weighted by Crippen LogP contribution is 2.13. The summed E-state index contributed by atoms with van der Waals surface area (Å²) in [6.07, 6.45) is 5.27. The molecule has 0 aliphatic rings. The molecule has 2 aromatic carbocycles. The van der Waals surface area contributed by atoms with Crippen LogP contribution in [0, 0.1) is 0 Å². The maximum absolute atomic E-state index is 5.87. The monoisotopic (exact) mass is 271 g/mol. The molecule has 0 spiro atoms. The molecule has 0 amide bonds. The fraction of sp³-hybridized carbons (Fsp3) is 0.176. The SMILES string of the molecule is CNCc1ccccc1C/C=C/c1ccc(Cl)cc1. The molecule has 2 aromatic rings. The second-order valence-corrected chi connectivity index (χ2v) is 4.89. The molecule has 1 N–H and O–H groups in total. The predicted molar refractivity (Wildman–Crippen MR) is 83.4 cm³/mol. The van der Waals surface area contributed by atoms with E-state index < -0.39 is 0 Å². The maximum atomic E-state index is 5.87. The number of allylic oxidation sites excluding steroid dienone is 1. The van der Waals surface area contributed by atoms with Crippen LogP contribution in [0.25, 0.3) is 6.08 Å². The lowest BCUT2D eigenvalue weighted by Gasteiger charge is -2.06. The van der Waals surface area contributed by atoms with Crippen molar-refractivity contribution in [1.29, 1.82) is 0 Å². The molecule has 0 fully saturated rings. The average Bonchev–Trinajstić information content (AvgIpc) is 2.43. The van der Waals surface area contributed by atoms with Crippen LogP contribution in [0.2, 0.25) is 5.02 Å². The lowest BCUT2D eigenvalue weighted by Crippen LogP contribution is -2.07. The van der Waals surface area contributed by atoms with E-state index in [1.807, 2.05) is 31.3 Å². The van der Waals surface area contributed by atoms with Crippen LogP contribution >= 0.6 is 11.6 Å². The quantitative estimate of drug-likeness (QED) is 0.854. The maximum Gasteiger partial charge on any atom is 0.0406 e. The van der Waals surface area contributed by atoms with Gasteiger partial charge in [-0.1, -0.05) is 60.2 Å². The summed E-state index contributed by atoms with van der Waals surface area (Å²) >= 11 is 5.87. The second-order valence-electron chi connectivity index (χ2n) is 4.46. The van der Waals surface area contributed by atoms with Crippen LogP contribution in [-0.4, -0.2) is 7.05 Å². The summed E-state index contributed by atoms with van der Waals surface area (Å²) in [5, 5.41) is 3.97. The number of hydrogen-bond acceptors (Lipinski definition) is 1. The average molecular weight is 272 g/mol. The van der Waals surface area contributed by atoms with Crippen molar-refractivity contribution in [2.75, 3.05) is 7.05 Å². The molecule has 0 bridgehead atoms. The highest BCUT2D eigenvalue weighted by molar-refractivity contribution is 6.30. The van der Waals surface area contributed by atoms with Gasteiger partial charge in [0.2, 0.25) is 0 Å². The van der Waals surface area contributed by atoms with Crippen molar-refractivity contribution in [3.63, 3.8) is 0 Å². The Hall–Kier alpha value is -1.57. The van der Waals surface area contributed by atoms with E-state index in [-0.39, 0.29) is 0 Å². The molecule has 0 saturated heterocycles. The van der Waals surface area contributed by atoms with E-state index in [0.29, 0.717) is 0 Å². The third-order valence-corrected chi connectivity index (χ3v) is 3.26. The van der Waals surface area contributed by atoms with Gasteiger partial charge in [-0.25, -0.2) is 0 Å². The van der Waals surface area contributed by atoms with Gasteiger partial charge in [0.1, 0.15) is 0 Å². The Kier molecular flexibility index (Phi) is 5.20. The third kappa shape index (κ3) is 4.23. The van der Waals surface area contributed by atoms with Gasteiger partial charge in [0.05, 0.1) is 0 Å². The van der Waals surface area contributed by atoms with E-state index in [2.05, 4.69) is 41.7 Å². The number of benzene rings is 2. The summed E-state index contributed by atoms with van der Waals surface area (Å²) in [5.41, 5.74) is 3.89. The van der Waals surface area contributed by atoms with E-state index in [0.717, 1.165) is 18.0 Å². The predicted octanol–water partition coefficient (Wildman–Crippen LogP) is 4.32. The number of rotatable bonds is 5. The van der Waals surface area contributed by atoms with Gasteiger partial charge in [0.25, 0.3) is 0 Å². The van der Waals surface area contributed by atoms with Gasteiger partial charge in [-0.3, -0.25) is 0 Å². The minimum atomic E-state index is 0.775. The first kappa shape index (κ1) is 13.9. The second kappa shape index (κ2) is 7.13. The van der Waals surface area contributed by atoms with Crippen molar-refractivity contribution in [3.05, 3.63) is 76.3 Å². The molecule has 0 unspecified atom stereocenters. The fourth-order valence-electron chi connectivity index (χ4n) is 2.02. The number of hydrogen-bond donors (Lipinski definition) is 1. The fourth-order valence-corrected chi connectivity index (χ4v) is 2.14. The smallest absolute Gasteiger partial charge is 0.0406 e. The van der Waals surface area contributed by atoms with Crippen molar-refractivity contribution < 1.29 is 0 Å². The Labute approximate surface area is 119 Å². The van der Waals surface area contributed by atoms with Gasteiger partial charge in [-0.2, -0.15) is 0 Å². The molecule has 1 nitrogen and oxygen atoms in total. The van der Waals surface area contributed by atoms with Gasteiger partial charge in [-0.15, -0.1) is 0 Å². The van der Waals surface area contributed by atoms with E-state index in [1.165, 1.54) is 16.7 Å². The molecular weight excluding hydrogens is 254 g/mol. The van der Waals surface area contributed by atoms with Crippen LogP contribution in [0.1, 0.15) is 16.7 Å². The molecule has 0 radical (unpaired) electrons. The zero-order chi connectivity index (χ0) is 13.5. The lowest BCUT2D eigenvalue weighted by molar-refractivity contribution is 0.809. The van der Waals surface area contributed by atoms with Crippen LogP contribution in [0.3, 0.4) is 0 Å². The topological polar surface area (TPSA) is 12.0 Å². The largest absolute Gasteiger partial charge is 0.316 e. The summed E-state index contributed by atoms with van der Waals surface area (Å²) in [6.45, 7) is 0.908. The first-order chi connectivity index (χ1) is 9.29. The van der Waals surface area contributed by atoms with Crippen LogP contribution in [0.4, 0.5) is 0 Å². The summed E-state index contributed by atoms with van der Waals surface area (Å²) in [5.74, 6) is 0. The van der Waals surface area contributed by atoms with Crippen molar-refractivity contribution in [2.24, 2.45) is 0 Å². The van der Waals surface area contributed by atoms with Gasteiger partial charge in [0.15, 0.2) is 0 Å². The molecule has 2 heteroatoms. The minimum Gasteiger partial charge on any atom is -0.316 e. The minimum absolute atomic E-state index is 0.775. The summed E-state index contributed by atoms with van der Waals surface area (Å²) < 4.78 is 0. The van der Waals surface area contributed by atoms with E-state index in [4.69, 9.17) is 11.6 Å². The molecule has 0 aliphatic heterocycles. The summed E-state index contributed by atoms with van der Waals surface area (Å²) in [6, 6.07) is 16.4. The molecule has 19 heavy (non-hydrogen) atoms. The Bertz CT molecular complexity index is 543. The molecule has 0 heterocycles. The van der Waals surface area contributed by atoms with E-state index in [9.17, 15) is 0 Å². The standard InChI is InChI=1S/C17H18ClN/c1-19-13-16-7-3-2-6-15(16)8-4-5-14-9-11-17(18)12-10-14/h2-7,9-12,19H,8,13H2,1H3/b5-4+. The van der Waals surface area contributed by atoms with Gasteiger partial charge in [0, 0.05) is 11.6 Å². The van der Waals surface area contributed by atoms with Crippen molar-refractivity contribution in [3.8, 4) is 0 Å².